The van der Waals surface area contributed by atoms with E-state index in [1.807, 2.05) is 60.8 Å². The number of carbonyl (C=O) groups is 1. The molecule has 0 spiro atoms. The van der Waals surface area contributed by atoms with Crippen LogP contribution in [0, 0.1) is 12.3 Å². The molecule has 0 bridgehead atoms. The molecule has 32 heavy (non-hydrogen) atoms. The third kappa shape index (κ3) is 3.37. The maximum Gasteiger partial charge on any atom is 0.161 e. The molecular weight excluding hydrogens is 418 g/mol. The second-order valence-electron chi connectivity index (χ2n) is 8.11. The lowest BCUT2D eigenvalue weighted by molar-refractivity contribution is -0.116. The van der Waals surface area contributed by atoms with Crippen molar-refractivity contribution < 1.29 is 9.90 Å². The minimum absolute atomic E-state index is 0.0345. The van der Waals surface area contributed by atoms with Crippen molar-refractivity contribution >= 4 is 34.4 Å². The Kier molecular flexibility index (Phi) is 5.23. The van der Waals surface area contributed by atoms with Crippen LogP contribution in [0.15, 0.2) is 83.1 Å². The number of Topliss-reactive ketones (excluding diaryl/α,β-unsaturated/α-hetero) is 1. The van der Waals surface area contributed by atoms with Crippen LogP contribution < -0.4 is 4.90 Å². The SMILES string of the molecule is Cc1ccc(/C(O)=C2\C(=N)N(c3cccnc3)C3=C(C(=O)CCC3)[C@@H]2c2cccs2)cc1. The van der Waals surface area contributed by atoms with Crippen LogP contribution in [-0.4, -0.2) is 21.7 Å². The Morgan fingerprint density at radius 3 is 2.66 bits per heavy atom. The van der Waals surface area contributed by atoms with Crippen molar-refractivity contribution in [3.05, 3.63) is 99.2 Å². The normalized spacial score (nSPS) is 20.4. The summed E-state index contributed by atoms with van der Waals surface area (Å²) in [6, 6.07) is 15.2. The van der Waals surface area contributed by atoms with Crippen LogP contribution in [0.3, 0.4) is 0 Å². The molecule has 6 heteroatoms. The highest BCUT2D eigenvalue weighted by Crippen LogP contribution is 2.48. The monoisotopic (exact) mass is 441 g/mol. The second-order valence-corrected chi connectivity index (χ2v) is 9.09. The molecule has 1 aliphatic carbocycles. The van der Waals surface area contributed by atoms with E-state index < -0.39 is 5.92 Å². The lowest BCUT2D eigenvalue weighted by Gasteiger charge is -2.41. The van der Waals surface area contributed by atoms with Crippen molar-refractivity contribution in [3.8, 4) is 0 Å². The lowest BCUT2D eigenvalue weighted by atomic mass is 9.76. The molecule has 2 aliphatic rings. The Balaban J connectivity index is 1.81. The van der Waals surface area contributed by atoms with Gasteiger partial charge in [-0.25, -0.2) is 0 Å². The number of nitrogens with zero attached hydrogens (tertiary/aromatic N) is 2. The van der Waals surface area contributed by atoms with Gasteiger partial charge in [-0.05, 0) is 43.3 Å². The Morgan fingerprint density at radius 1 is 1.16 bits per heavy atom. The van der Waals surface area contributed by atoms with E-state index >= 15 is 0 Å². The van der Waals surface area contributed by atoms with E-state index in [-0.39, 0.29) is 17.4 Å². The van der Waals surface area contributed by atoms with Crippen molar-refractivity contribution in [2.24, 2.45) is 0 Å². The number of aliphatic hydroxyl groups excluding tert-OH is 1. The summed E-state index contributed by atoms with van der Waals surface area (Å²) in [5, 5.41) is 22.7. The van der Waals surface area contributed by atoms with Gasteiger partial charge in [0.1, 0.15) is 11.6 Å². The number of aliphatic hydroxyl groups is 1. The Bertz CT molecular complexity index is 1240. The first-order chi connectivity index (χ1) is 15.6. The van der Waals surface area contributed by atoms with E-state index in [4.69, 9.17) is 0 Å². The van der Waals surface area contributed by atoms with Crippen LogP contribution >= 0.6 is 11.3 Å². The van der Waals surface area contributed by atoms with Gasteiger partial charge in [0.25, 0.3) is 0 Å². The predicted octanol–water partition coefficient (Wildman–Crippen LogP) is 6.01. The summed E-state index contributed by atoms with van der Waals surface area (Å²) in [5.74, 6) is -0.157. The quantitative estimate of drug-likeness (QED) is 0.488. The largest absolute Gasteiger partial charge is 0.507 e. The molecule has 0 radical (unpaired) electrons. The van der Waals surface area contributed by atoms with E-state index in [0.29, 0.717) is 29.6 Å². The van der Waals surface area contributed by atoms with Gasteiger partial charge >= 0.3 is 0 Å². The number of rotatable bonds is 3. The number of pyridine rings is 1. The fourth-order valence-corrected chi connectivity index (χ4v) is 5.41. The Morgan fingerprint density at radius 2 is 1.97 bits per heavy atom. The van der Waals surface area contributed by atoms with E-state index in [1.54, 1.807) is 28.6 Å². The molecule has 5 nitrogen and oxygen atoms in total. The molecule has 0 fully saturated rings. The molecule has 0 saturated carbocycles. The number of allylic oxidation sites excluding steroid dienone is 2. The summed E-state index contributed by atoms with van der Waals surface area (Å²) in [4.78, 5) is 20.3. The molecule has 0 amide bonds. The summed E-state index contributed by atoms with van der Waals surface area (Å²) >= 11 is 1.55. The molecule has 0 saturated heterocycles. The van der Waals surface area contributed by atoms with Crippen LogP contribution in [-0.2, 0) is 4.79 Å². The first-order valence-corrected chi connectivity index (χ1v) is 11.5. The average Bonchev–Trinajstić information content (AvgIpc) is 3.34. The summed E-state index contributed by atoms with van der Waals surface area (Å²) in [6.07, 6.45) is 5.33. The number of hydrogen-bond donors (Lipinski definition) is 2. The number of carbonyl (C=O) groups excluding carboxylic acids is 1. The summed E-state index contributed by atoms with van der Waals surface area (Å²) in [6.45, 7) is 1.99. The summed E-state index contributed by atoms with van der Waals surface area (Å²) in [5.41, 5.74) is 4.43. The molecular formula is C26H23N3O2S. The smallest absolute Gasteiger partial charge is 0.161 e. The van der Waals surface area contributed by atoms with Crippen LogP contribution in [0.1, 0.15) is 41.2 Å². The van der Waals surface area contributed by atoms with Gasteiger partial charge in [-0.1, -0.05) is 35.9 Å². The van der Waals surface area contributed by atoms with Gasteiger partial charge in [0, 0.05) is 34.3 Å². The van der Waals surface area contributed by atoms with Gasteiger partial charge in [-0.3, -0.25) is 20.1 Å². The molecule has 160 valence electrons. The number of hydrogen-bond acceptors (Lipinski definition) is 5. The number of thiophene rings is 1. The van der Waals surface area contributed by atoms with Crippen LogP contribution in [0.4, 0.5) is 5.69 Å². The molecule has 1 aliphatic heterocycles. The highest BCUT2D eigenvalue weighted by Gasteiger charge is 2.43. The second kappa shape index (κ2) is 8.20. The van der Waals surface area contributed by atoms with Crippen molar-refractivity contribution in [2.75, 3.05) is 4.90 Å². The minimum atomic E-state index is -0.459. The zero-order chi connectivity index (χ0) is 22.2. The number of amidine groups is 1. The van der Waals surface area contributed by atoms with Crippen LogP contribution in [0.5, 0.6) is 0 Å². The Labute approximate surface area is 190 Å². The van der Waals surface area contributed by atoms with Gasteiger partial charge in [-0.2, -0.15) is 0 Å². The maximum atomic E-state index is 13.3. The lowest BCUT2D eigenvalue weighted by Crippen LogP contribution is -2.42. The number of aryl methyl sites for hydroxylation is 1. The topological polar surface area (TPSA) is 77.3 Å². The molecule has 2 aromatic heterocycles. The molecule has 1 aromatic carbocycles. The summed E-state index contributed by atoms with van der Waals surface area (Å²) in [7, 11) is 0. The maximum absolute atomic E-state index is 13.3. The minimum Gasteiger partial charge on any atom is -0.507 e. The highest BCUT2D eigenvalue weighted by molar-refractivity contribution is 7.10. The third-order valence-electron chi connectivity index (χ3n) is 6.07. The standard InChI is InChI=1S/C26H23N3O2S/c1-16-9-11-17(12-10-16)25(31)24-23(21-8-4-14-32-21)22-19(6-2-7-20(22)30)29(26(24)27)18-5-3-13-28-15-18/h3-5,8-15,23,27,31H,2,6-7H2,1H3/b25-24+,27-26?/t23-/m0/s1. The van der Waals surface area contributed by atoms with Crippen molar-refractivity contribution in [1.82, 2.24) is 4.98 Å². The number of aromatic nitrogens is 1. The average molecular weight is 442 g/mol. The van der Waals surface area contributed by atoms with E-state index in [0.717, 1.165) is 28.2 Å². The molecule has 5 rings (SSSR count). The predicted molar refractivity (Wildman–Crippen MR) is 128 cm³/mol. The third-order valence-corrected chi connectivity index (χ3v) is 7.00. The number of benzene rings is 1. The summed E-state index contributed by atoms with van der Waals surface area (Å²) < 4.78 is 0. The molecule has 0 unspecified atom stereocenters. The van der Waals surface area contributed by atoms with Crippen LogP contribution in [0.25, 0.3) is 5.76 Å². The van der Waals surface area contributed by atoms with Crippen molar-refractivity contribution in [3.63, 3.8) is 0 Å². The zero-order valence-corrected chi connectivity index (χ0v) is 18.5. The van der Waals surface area contributed by atoms with Gasteiger partial charge < -0.3 is 5.11 Å². The Hall–Kier alpha value is -3.51. The van der Waals surface area contributed by atoms with Gasteiger partial charge in [0.2, 0.25) is 0 Å². The van der Waals surface area contributed by atoms with E-state index in [1.165, 1.54) is 0 Å². The van der Waals surface area contributed by atoms with Crippen molar-refractivity contribution in [1.29, 1.82) is 5.41 Å². The van der Waals surface area contributed by atoms with Crippen LogP contribution in [0.2, 0.25) is 0 Å². The number of nitrogens with one attached hydrogen (secondary N) is 1. The first kappa shape index (κ1) is 20.4. The molecule has 3 heterocycles. The zero-order valence-electron chi connectivity index (χ0n) is 17.7. The first-order valence-electron chi connectivity index (χ1n) is 10.6. The van der Waals surface area contributed by atoms with Gasteiger partial charge in [0.05, 0.1) is 23.4 Å². The molecule has 1 atom stereocenters. The molecule has 2 N–H and O–H groups in total. The van der Waals surface area contributed by atoms with E-state index in [2.05, 4.69) is 4.98 Å². The van der Waals surface area contributed by atoms with Gasteiger partial charge in [-0.15, -0.1) is 11.3 Å². The highest BCUT2D eigenvalue weighted by atomic mass is 32.1. The van der Waals surface area contributed by atoms with Gasteiger partial charge in [0.15, 0.2) is 5.78 Å². The number of anilines is 1. The fraction of sp³-hybridized carbons (Fsp3) is 0.192. The number of ketones is 1. The van der Waals surface area contributed by atoms with Crippen molar-refractivity contribution in [2.45, 2.75) is 32.1 Å². The fourth-order valence-electron chi connectivity index (χ4n) is 4.57. The molecule has 3 aromatic rings. The van der Waals surface area contributed by atoms with E-state index in [9.17, 15) is 15.3 Å².